The molecule has 1 aromatic carbocycles. The lowest BCUT2D eigenvalue weighted by atomic mass is 9.80. The molecule has 3 heteroatoms. The van der Waals surface area contributed by atoms with Crippen molar-refractivity contribution in [3.63, 3.8) is 0 Å². The van der Waals surface area contributed by atoms with E-state index in [2.05, 4.69) is 44.4 Å². The molecular formula is C18H30N2O. The molecule has 1 fully saturated rings. The van der Waals surface area contributed by atoms with Crippen molar-refractivity contribution in [2.75, 3.05) is 6.61 Å². The Balaban J connectivity index is 2.41. The summed E-state index contributed by atoms with van der Waals surface area (Å²) in [6.45, 7) is 7.17. The Hall–Kier alpha value is -0.900. The Kier molecular flexibility index (Phi) is 5.80. The molecule has 1 unspecified atom stereocenters. The third kappa shape index (κ3) is 3.47. The van der Waals surface area contributed by atoms with Gasteiger partial charge in [-0.1, -0.05) is 43.9 Å². The summed E-state index contributed by atoms with van der Waals surface area (Å²) in [5.74, 6) is 5.99. The number of hydrazine groups is 1. The fourth-order valence-electron chi connectivity index (χ4n) is 3.74. The van der Waals surface area contributed by atoms with Gasteiger partial charge in [0.25, 0.3) is 0 Å². The molecular weight excluding hydrogens is 260 g/mol. The largest absolute Gasteiger partial charge is 0.373 e. The molecule has 0 radical (unpaired) electrons. The first kappa shape index (κ1) is 16.5. The standard InChI is InChI=1S/C18H30N2O/c1-4-21-18(12-7-5-6-8-13-18)17(20-19)16-11-9-10-14(2)15(16)3/h9-11,17,20H,4-8,12-13,19H2,1-3H3. The van der Waals surface area contributed by atoms with Crippen LogP contribution in [0.15, 0.2) is 18.2 Å². The maximum absolute atomic E-state index is 6.31. The lowest BCUT2D eigenvalue weighted by Gasteiger charge is -2.41. The second-order valence-electron chi connectivity index (χ2n) is 6.30. The maximum atomic E-state index is 6.31. The number of nitrogens with one attached hydrogen (secondary N) is 1. The fraction of sp³-hybridized carbons (Fsp3) is 0.667. The van der Waals surface area contributed by atoms with E-state index in [9.17, 15) is 0 Å². The van der Waals surface area contributed by atoms with Gasteiger partial charge in [-0.3, -0.25) is 11.3 Å². The Bertz CT molecular complexity index is 451. The van der Waals surface area contributed by atoms with Gasteiger partial charge in [0.2, 0.25) is 0 Å². The summed E-state index contributed by atoms with van der Waals surface area (Å²) in [6.07, 6.45) is 7.23. The zero-order valence-corrected chi connectivity index (χ0v) is 13.7. The zero-order chi connectivity index (χ0) is 15.3. The van der Waals surface area contributed by atoms with E-state index in [1.807, 2.05) is 0 Å². The van der Waals surface area contributed by atoms with Crippen molar-refractivity contribution in [2.24, 2.45) is 5.84 Å². The smallest absolute Gasteiger partial charge is 0.0889 e. The molecule has 118 valence electrons. The van der Waals surface area contributed by atoms with Crippen molar-refractivity contribution in [1.82, 2.24) is 5.43 Å². The Morgan fingerprint density at radius 1 is 1.19 bits per heavy atom. The van der Waals surface area contributed by atoms with E-state index in [1.54, 1.807) is 0 Å². The average Bonchev–Trinajstić information content (AvgIpc) is 2.71. The molecule has 21 heavy (non-hydrogen) atoms. The van der Waals surface area contributed by atoms with Gasteiger partial charge in [-0.15, -0.1) is 0 Å². The summed E-state index contributed by atoms with van der Waals surface area (Å²) in [7, 11) is 0. The van der Waals surface area contributed by atoms with E-state index in [-0.39, 0.29) is 11.6 Å². The highest BCUT2D eigenvalue weighted by Crippen LogP contribution is 2.41. The quantitative estimate of drug-likeness (QED) is 0.490. The minimum Gasteiger partial charge on any atom is -0.373 e. The molecule has 0 spiro atoms. The fourth-order valence-corrected chi connectivity index (χ4v) is 3.74. The van der Waals surface area contributed by atoms with E-state index in [0.29, 0.717) is 0 Å². The van der Waals surface area contributed by atoms with Crippen molar-refractivity contribution in [2.45, 2.75) is 70.9 Å². The number of hydrogen-bond donors (Lipinski definition) is 2. The van der Waals surface area contributed by atoms with Crippen LogP contribution in [-0.2, 0) is 4.74 Å². The van der Waals surface area contributed by atoms with Gasteiger partial charge in [0.05, 0.1) is 11.6 Å². The Morgan fingerprint density at radius 3 is 2.43 bits per heavy atom. The highest BCUT2D eigenvalue weighted by Gasteiger charge is 2.40. The molecule has 0 heterocycles. The molecule has 1 aromatic rings. The van der Waals surface area contributed by atoms with E-state index in [1.165, 1.54) is 42.4 Å². The summed E-state index contributed by atoms with van der Waals surface area (Å²) in [4.78, 5) is 0. The van der Waals surface area contributed by atoms with E-state index in [0.717, 1.165) is 19.4 Å². The van der Waals surface area contributed by atoms with Gasteiger partial charge in [0.1, 0.15) is 0 Å². The molecule has 1 saturated carbocycles. The van der Waals surface area contributed by atoms with Gasteiger partial charge in [0, 0.05) is 6.61 Å². The summed E-state index contributed by atoms with van der Waals surface area (Å²) in [5.41, 5.74) is 6.84. The first-order valence-electron chi connectivity index (χ1n) is 8.31. The lowest BCUT2D eigenvalue weighted by Crippen LogP contribution is -2.48. The summed E-state index contributed by atoms with van der Waals surface area (Å²) in [6, 6.07) is 6.54. The number of aryl methyl sites for hydroxylation is 1. The minimum atomic E-state index is -0.168. The third-order valence-electron chi connectivity index (χ3n) is 5.03. The van der Waals surface area contributed by atoms with Gasteiger partial charge in [-0.2, -0.15) is 0 Å². The summed E-state index contributed by atoms with van der Waals surface area (Å²) in [5, 5.41) is 0. The van der Waals surface area contributed by atoms with Crippen LogP contribution in [-0.4, -0.2) is 12.2 Å². The highest BCUT2D eigenvalue weighted by atomic mass is 16.5. The van der Waals surface area contributed by atoms with Crippen LogP contribution in [0.5, 0.6) is 0 Å². The molecule has 0 aromatic heterocycles. The minimum absolute atomic E-state index is 0.0652. The van der Waals surface area contributed by atoms with Crippen molar-refractivity contribution >= 4 is 0 Å². The Morgan fingerprint density at radius 2 is 1.86 bits per heavy atom. The Labute approximate surface area is 129 Å². The predicted octanol–water partition coefficient (Wildman–Crippen LogP) is 3.94. The van der Waals surface area contributed by atoms with E-state index in [4.69, 9.17) is 10.6 Å². The van der Waals surface area contributed by atoms with E-state index < -0.39 is 0 Å². The van der Waals surface area contributed by atoms with Crippen molar-refractivity contribution < 1.29 is 4.74 Å². The molecule has 2 rings (SSSR count). The first-order valence-corrected chi connectivity index (χ1v) is 8.31. The second-order valence-corrected chi connectivity index (χ2v) is 6.30. The van der Waals surface area contributed by atoms with E-state index >= 15 is 0 Å². The van der Waals surface area contributed by atoms with Crippen LogP contribution in [0, 0.1) is 13.8 Å². The van der Waals surface area contributed by atoms with Crippen LogP contribution < -0.4 is 11.3 Å². The second kappa shape index (κ2) is 7.39. The van der Waals surface area contributed by atoms with Gasteiger partial charge in [-0.05, 0) is 50.3 Å². The van der Waals surface area contributed by atoms with Crippen molar-refractivity contribution in [3.05, 3.63) is 34.9 Å². The van der Waals surface area contributed by atoms with Gasteiger partial charge < -0.3 is 4.74 Å². The molecule has 1 aliphatic carbocycles. The average molecular weight is 290 g/mol. The SMILES string of the molecule is CCOC1(C(NN)c2cccc(C)c2C)CCCCCC1. The van der Waals surface area contributed by atoms with Crippen LogP contribution >= 0.6 is 0 Å². The summed E-state index contributed by atoms with van der Waals surface area (Å²) >= 11 is 0. The van der Waals surface area contributed by atoms with Crippen molar-refractivity contribution in [1.29, 1.82) is 0 Å². The topological polar surface area (TPSA) is 47.3 Å². The zero-order valence-electron chi connectivity index (χ0n) is 13.7. The molecule has 0 aliphatic heterocycles. The van der Waals surface area contributed by atoms with Gasteiger partial charge in [0.15, 0.2) is 0 Å². The van der Waals surface area contributed by atoms with Crippen LogP contribution in [0.25, 0.3) is 0 Å². The molecule has 1 atom stereocenters. The molecule has 0 amide bonds. The predicted molar refractivity (Wildman–Crippen MR) is 88.0 cm³/mol. The number of hydrogen-bond acceptors (Lipinski definition) is 3. The molecule has 0 bridgehead atoms. The number of benzene rings is 1. The van der Waals surface area contributed by atoms with Gasteiger partial charge >= 0.3 is 0 Å². The highest BCUT2D eigenvalue weighted by molar-refractivity contribution is 5.37. The maximum Gasteiger partial charge on any atom is 0.0889 e. The van der Waals surface area contributed by atoms with Gasteiger partial charge in [-0.25, -0.2) is 0 Å². The van der Waals surface area contributed by atoms with Crippen LogP contribution in [0.4, 0.5) is 0 Å². The lowest BCUT2D eigenvalue weighted by molar-refractivity contribution is -0.0784. The third-order valence-corrected chi connectivity index (χ3v) is 5.03. The molecule has 1 aliphatic rings. The molecule has 3 N–H and O–H groups in total. The number of ether oxygens (including phenoxy) is 1. The molecule has 3 nitrogen and oxygen atoms in total. The number of rotatable bonds is 5. The molecule has 0 saturated heterocycles. The van der Waals surface area contributed by atoms with Crippen LogP contribution in [0.1, 0.15) is 68.2 Å². The monoisotopic (exact) mass is 290 g/mol. The van der Waals surface area contributed by atoms with Crippen LogP contribution in [0.2, 0.25) is 0 Å². The number of nitrogens with two attached hydrogens (primary N) is 1. The normalized spacial score (nSPS) is 20.0. The first-order chi connectivity index (χ1) is 10.1. The van der Waals surface area contributed by atoms with Crippen molar-refractivity contribution in [3.8, 4) is 0 Å². The summed E-state index contributed by atoms with van der Waals surface area (Å²) < 4.78 is 6.31. The van der Waals surface area contributed by atoms with Crippen LogP contribution in [0.3, 0.4) is 0 Å².